The molecule has 0 aliphatic carbocycles. The van der Waals surface area contributed by atoms with Crippen molar-refractivity contribution in [2.24, 2.45) is 0 Å². The Morgan fingerprint density at radius 1 is 1.29 bits per heavy atom. The lowest BCUT2D eigenvalue weighted by Gasteiger charge is -2.29. The highest BCUT2D eigenvalue weighted by molar-refractivity contribution is 5.92. The van der Waals surface area contributed by atoms with Crippen LogP contribution in [0.3, 0.4) is 0 Å². The van der Waals surface area contributed by atoms with Gasteiger partial charge in [0.15, 0.2) is 0 Å². The van der Waals surface area contributed by atoms with Crippen LogP contribution in [-0.4, -0.2) is 29.0 Å². The van der Waals surface area contributed by atoms with Crippen molar-refractivity contribution < 1.29 is 4.79 Å². The molecule has 0 radical (unpaired) electrons. The summed E-state index contributed by atoms with van der Waals surface area (Å²) in [6, 6.07) is 6.93. The quantitative estimate of drug-likeness (QED) is 0.801. The van der Waals surface area contributed by atoms with Crippen LogP contribution in [-0.2, 0) is 0 Å². The molecule has 2 bridgehead atoms. The largest absolute Gasteiger partial charge is 0.348 e. The van der Waals surface area contributed by atoms with E-state index >= 15 is 0 Å². The van der Waals surface area contributed by atoms with Gasteiger partial charge in [0.05, 0.1) is 0 Å². The van der Waals surface area contributed by atoms with Crippen molar-refractivity contribution in [3.05, 3.63) is 30.1 Å². The lowest BCUT2D eigenvalue weighted by Crippen LogP contribution is -2.48. The fourth-order valence-electron chi connectivity index (χ4n) is 2.93. The van der Waals surface area contributed by atoms with E-state index in [0.717, 1.165) is 12.8 Å². The van der Waals surface area contributed by atoms with E-state index in [0.29, 0.717) is 23.8 Å². The molecule has 2 aliphatic rings. The summed E-state index contributed by atoms with van der Waals surface area (Å²) < 4.78 is 0. The molecule has 1 aromatic rings. The minimum absolute atomic E-state index is 0.0445. The number of aromatic nitrogens is 1. The molecule has 0 saturated carbocycles. The summed E-state index contributed by atoms with van der Waals surface area (Å²) in [6.07, 6.45) is 6.26. The van der Waals surface area contributed by atoms with Crippen LogP contribution in [0.25, 0.3) is 0 Å². The first-order chi connectivity index (χ1) is 8.31. The van der Waals surface area contributed by atoms with E-state index in [9.17, 15) is 4.79 Å². The van der Waals surface area contributed by atoms with Crippen LogP contribution in [0, 0.1) is 0 Å². The molecule has 90 valence electrons. The number of nitrogens with one attached hydrogen (secondary N) is 2. The van der Waals surface area contributed by atoms with Gasteiger partial charge in [-0.2, -0.15) is 0 Å². The van der Waals surface area contributed by atoms with Crippen molar-refractivity contribution in [1.82, 2.24) is 15.6 Å². The fraction of sp³-hybridized carbons (Fsp3) is 0.538. The molecule has 2 fully saturated rings. The van der Waals surface area contributed by atoms with E-state index in [1.54, 1.807) is 12.3 Å². The van der Waals surface area contributed by atoms with E-state index in [-0.39, 0.29) is 5.91 Å². The number of carbonyl (C=O) groups is 1. The minimum Gasteiger partial charge on any atom is -0.348 e. The molecule has 3 heterocycles. The summed E-state index contributed by atoms with van der Waals surface area (Å²) in [5.74, 6) is -0.0445. The summed E-state index contributed by atoms with van der Waals surface area (Å²) in [5.41, 5.74) is 0.512. The van der Waals surface area contributed by atoms with Crippen LogP contribution in [0.4, 0.5) is 0 Å². The highest BCUT2D eigenvalue weighted by atomic mass is 16.1. The van der Waals surface area contributed by atoms with Crippen LogP contribution in [0.1, 0.15) is 36.2 Å². The highest BCUT2D eigenvalue weighted by Gasteiger charge is 2.34. The SMILES string of the molecule is O=C(NC1CC2CCC(C1)N2)c1ccccn1. The molecule has 2 atom stereocenters. The van der Waals surface area contributed by atoms with Gasteiger partial charge in [-0.15, -0.1) is 0 Å². The number of carbonyl (C=O) groups excluding carboxylic acids is 1. The average molecular weight is 231 g/mol. The Bertz CT molecular complexity index is 394. The van der Waals surface area contributed by atoms with Crippen molar-refractivity contribution in [2.75, 3.05) is 0 Å². The van der Waals surface area contributed by atoms with Crippen molar-refractivity contribution in [3.63, 3.8) is 0 Å². The van der Waals surface area contributed by atoms with Gasteiger partial charge in [0.25, 0.3) is 5.91 Å². The summed E-state index contributed by atoms with van der Waals surface area (Å²) in [6.45, 7) is 0. The second kappa shape index (κ2) is 4.45. The number of hydrogen-bond acceptors (Lipinski definition) is 3. The van der Waals surface area contributed by atoms with Crippen molar-refractivity contribution >= 4 is 5.91 Å². The molecule has 1 aromatic heterocycles. The maximum absolute atomic E-state index is 12.0. The van der Waals surface area contributed by atoms with Crippen molar-refractivity contribution in [2.45, 2.75) is 43.8 Å². The molecule has 3 rings (SSSR count). The number of fused-ring (bicyclic) bond motifs is 2. The lowest BCUT2D eigenvalue weighted by molar-refractivity contribution is 0.0919. The zero-order valence-corrected chi connectivity index (χ0v) is 9.73. The zero-order valence-electron chi connectivity index (χ0n) is 9.73. The Kier molecular flexibility index (Phi) is 2.81. The van der Waals surface area contributed by atoms with Gasteiger partial charge in [0.1, 0.15) is 5.69 Å². The minimum atomic E-state index is -0.0445. The van der Waals surface area contributed by atoms with Gasteiger partial charge in [0.2, 0.25) is 0 Å². The maximum Gasteiger partial charge on any atom is 0.270 e. The number of rotatable bonds is 2. The summed E-state index contributed by atoms with van der Waals surface area (Å²) in [7, 11) is 0. The number of nitrogens with zero attached hydrogens (tertiary/aromatic N) is 1. The number of pyridine rings is 1. The third kappa shape index (κ3) is 2.31. The predicted molar refractivity (Wildman–Crippen MR) is 64.7 cm³/mol. The molecule has 2 N–H and O–H groups in total. The third-order valence-corrected chi connectivity index (χ3v) is 3.71. The topological polar surface area (TPSA) is 54.0 Å². The van der Waals surface area contributed by atoms with Gasteiger partial charge >= 0.3 is 0 Å². The smallest absolute Gasteiger partial charge is 0.270 e. The van der Waals surface area contributed by atoms with Gasteiger partial charge in [-0.25, -0.2) is 0 Å². The summed E-state index contributed by atoms with van der Waals surface area (Å²) in [4.78, 5) is 16.0. The van der Waals surface area contributed by atoms with Crippen LogP contribution < -0.4 is 10.6 Å². The standard InChI is InChI=1S/C13H17N3O/c17-13(12-3-1-2-6-14-12)16-11-7-9-4-5-10(8-11)15-9/h1-3,6,9-11,15H,4-5,7-8H2,(H,16,17). The van der Waals surface area contributed by atoms with Gasteiger partial charge in [0, 0.05) is 24.3 Å². The summed E-state index contributed by atoms with van der Waals surface area (Å²) >= 11 is 0. The highest BCUT2D eigenvalue weighted by Crippen LogP contribution is 2.26. The second-order valence-electron chi connectivity index (χ2n) is 4.99. The summed E-state index contributed by atoms with van der Waals surface area (Å²) in [5, 5.41) is 6.66. The molecule has 2 unspecified atom stereocenters. The molecular weight excluding hydrogens is 214 g/mol. The molecule has 4 heteroatoms. The molecule has 4 nitrogen and oxygen atoms in total. The van der Waals surface area contributed by atoms with Gasteiger partial charge in [-0.1, -0.05) is 6.07 Å². The molecule has 17 heavy (non-hydrogen) atoms. The monoisotopic (exact) mass is 231 g/mol. The average Bonchev–Trinajstić information content (AvgIpc) is 2.70. The Labute approximate surface area is 101 Å². The van der Waals surface area contributed by atoms with Gasteiger partial charge in [-0.05, 0) is 37.8 Å². The Balaban J connectivity index is 1.62. The second-order valence-corrected chi connectivity index (χ2v) is 4.99. The predicted octanol–water partition coefficient (Wildman–Crippen LogP) is 1.09. The first kappa shape index (κ1) is 10.7. The van der Waals surface area contributed by atoms with E-state index in [2.05, 4.69) is 15.6 Å². The van der Waals surface area contributed by atoms with Crippen molar-refractivity contribution in [1.29, 1.82) is 0 Å². The maximum atomic E-state index is 12.0. The van der Waals surface area contributed by atoms with Crippen LogP contribution in [0.15, 0.2) is 24.4 Å². The van der Waals surface area contributed by atoms with Crippen molar-refractivity contribution in [3.8, 4) is 0 Å². The fourth-order valence-corrected chi connectivity index (χ4v) is 2.93. The van der Waals surface area contributed by atoms with Crippen LogP contribution in [0.2, 0.25) is 0 Å². The number of amides is 1. The normalized spacial score (nSPS) is 31.2. The van der Waals surface area contributed by atoms with E-state index < -0.39 is 0 Å². The Morgan fingerprint density at radius 3 is 2.71 bits per heavy atom. The lowest BCUT2D eigenvalue weighted by atomic mass is 10.00. The first-order valence-electron chi connectivity index (χ1n) is 6.29. The molecule has 0 aromatic carbocycles. The Hall–Kier alpha value is -1.42. The van der Waals surface area contributed by atoms with E-state index in [1.807, 2.05) is 12.1 Å². The molecule has 1 amide bonds. The van der Waals surface area contributed by atoms with E-state index in [4.69, 9.17) is 0 Å². The van der Waals surface area contributed by atoms with E-state index in [1.165, 1.54) is 12.8 Å². The zero-order chi connectivity index (χ0) is 11.7. The van der Waals surface area contributed by atoms with Gasteiger partial charge in [-0.3, -0.25) is 9.78 Å². The molecule has 2 aliphatic heterocycles. The Morgan fingerprint density at radius 2 is 2.06 bits per heavy atom. The molecule has 0 spiro atoms. The third-order valence-electron chi connectivity index (χ3n) is 3.71. The molecular formula is C13H17N3O. The van der Waals surface area contributed by atoms with Crippen LogP contribution >= 0.6 is 0 Å². The first-order valence-corrected chi connectivity index (χ1v) is 6.29. The number of piperidine rings is 1. The number of hydrogen-bond donors (Lipinski definition) is 2. The van der Waals surface area contributed by atoms with Crippen LogP contribution in [0.5, 0.6) is 0 Å². The van der Waals surface area contributed by atoms with Gasteiger partial charge < -0.3 is 10.6 Å². The molecule has 2 saturated heterocycles.